The number of hydrogen-bond acceptors (Lipinski definition) is 4. The van der Waals surface area contributed by atoms with Crippen LogP contribution >= 0.6 is 0 Å². The van der Waals surface area contributed by atoms with Gasteiger partial charge in [-0.15, -0.1) is 0 Å². The van der Waals surface area contributed by atoms with Gasteiger partial charge in [0, 0.05) is 5.41 Å². The highest BCUT2D eigenvalue weighted by molar-refractivity contribution is 5.93. The summed E-state index contributed by atoms with van der Waals surface area (Å²) in [5.41, 5.74) is -2.03. The second-order valence-electron chi connectivity index (χ2n) is 8.08. The lowest BCUT2D eigenvalue weighted by Crippen LogP contribution is -2.49. The van der Waals surface area contributed by atoms with E-state index in [1.165, 1.54) is 0 Å². The Morgan fingerprint density at radius 3 is 2.33 bits per heavy atom. The van der Waals surface area contributed by atoms with E-state index in [4.69, 9.17) is 9.47 Å². The molecule has 2 atom stereocenters. The molecule has 2 bridgehead atoms. The van der Waals surface area contributed by atoms with Crippen molar-refractivity contribution in [3.05, 3.63) is 0 Å². The molecule has 1 saturated carbocycles. The zero-order valence-electron chi connectivity index (χ0n) is 14.2. The van der Waals surface area contributed by atoms with Gasteiger partial charge in [0.1, 0.15) is 0 Å². The summed E-state index contributed by atoms with van der Waals surface area (Å²) in [6.45, 7) is 12.6. The van der Waals surface area contributed by atoms with Crippen LogP contribution in [0.3, 0.4) is 0 Å². The van der Waals surface area contributed by atoms with Crippen molar-refractivity contribution in [1.29, 1.82) is 0 Å². The Bertz CT molecular complexity index is 465. The van der Waals surface area contributed by atoms with Crippen molar-refractivity contribution in [2.24, 2.45) is 16.2 Å². The SMILES string of the molecule is CCC(C)(C)CCOC(=O)C12CCC(C)(C(=O)O1)C2(C)C. The fourth-order valence-electron chi connectivity index (χ4n) is 3.42. The van der Waals surface area contributed by atoms with Gasteiger partial charge in [-0.3, -0.25) is 4.79 Å². The van der Waals surface area contributed by atoms with Gasteiger partial charge in [-0.25, -0.2) is 4.79 Å². The van der Waals surface area contributed by atoms with Gasteiger partial charge in [-0.1, -0.05) is 41.0 Å². The van der Waals surface area contributed by atoms with E-state index in [1.807, 2.05) is 20.8 Å². The van der Waals surface area contributed by atoms with Gasteiger partial charge in [0.2, 0.25) is 5.60 Å². The Balaban J connectivity index is 2.08. The van der Waals surface area contributed by atoms with Crippen LogP contribution in [0.5, 0.6) is 0 Å². The minimum atomic E-state index is -1.09. The quantitative estimate of drug-likeness (QED) is 0.729. The van der Waals surface area contributed by atoms with Crippen molar-refractivity contribution < 1.29 is 19.1 Å². The van der Waals surface area contributed by atoms with Crippen LogP contribution in [0.15, 0.2) is 0 Å². The van der Waals surface area contributed by atoms with Gasteiger partial charge in [0.25, 0.3) is 0 Å². The van der Waals surface area contributed by atoms with Gasteiger partial charge >= 0.3 is 11.9 Å². The second-order valence-corrected chi connectivity index (χ2v) is 8.08. The lowest BCUT2D eigenvalue weighted by Gasteiger charge is -2.34. The van der Waals surface area contributed by atoms with Gasteiger partial charge in [-0.2, -0.15) is 0 Å². The van der Waals surface area contributed by atoms with E-state index < -0.39 is 16.4 Å². The molecule has 1 heterocycles. The van der Waals surface area contributed by atoms with Crippen molar-refractivity contribution in [1.82, 2.24) is 0 Å². The lowest BCUT2D eigenvalue weighted by atomic mass is 9.66. The Kier molecular flexibility index (Phi) is 3.67. The predicted molar refractivity (Wildman–Crippen MR) is 79.6 cm³/mol. The van der Waals surface area contributed by atoms with Crippen LogP contribution in [0.2, 0.25) is 0 Å². The van der Waals surface area contributed by atoms with Gasteiger partial charge in [0.05, 0.1) is 12.0 Å². The maximum absolute atomic E-state index is 12.6. The van der Waals surface area contributed by atoms with Crippen LogP contribution in [0.25, 0.3) is 0 Å². The third kappa shape index (κ3) is 2.09. The molecule has 1 aliphatic heterocycles. The van der Waals surface area contributed by atoms with Crippen LogP contribution in [-0.4, -0.2) is 24.1 Å². The average molecular weight is 296 g/mol. The molecule has 21 heavy (non-hydrogen) atoms. The molecule has 120 valence electrons. The standard InChI is InChI=1S/C17H28O4/c1-7-14(2,3)10-11-20-13(19)17-9-8-16(6,12(18)21-17)15(17,4)5/h7-11H2,1-6H3. The van der Waals surface area contributed by atoms with E-state index in [0.29, 0.717) is 19.4 Å². The number of carbonyl (C=O) groups is 2. The first kappa shape index (κ1) is 16.3. The van der Waals surface area contributed by atoms with E-state index >= 15 is 0 Å². The summed E-state index contributed by atoms with van der Waals surface area (Å²) in [5.74, 6) is -0.626. The summed E-state index contributed by atoms with van der Waals surface area (Å²) in [4.78, 5) is 24.7. The topological polar surface area (TPSA) is 52.6 Å². The largest absolute Gasteiger partial charge is 0.463 e. The normalized spacial score (nSPS) is 33.9. The number of ether oxygens (including phenoxy) is 2. The summed E-state index contributed by atoms with van der Waals surface area (Å²) in [6.07, 6.45) is 3.11. The smallest absolute Gasteiger partial charge is 0.351 e. The molecule has 2 aliphatic rings. The van der Waals surface area contributed by atoms with Gasteiger partial charge < -0.3 is 9.47 Å². The van der Waals surface area contributed by atoms with Gasteiger partial charge in [-0.05, 0) is 31.6 Å². The van der Waals surface area contributed by atoms with E-state index in [0.717, 1.165) is 12.8 Å². The molecule has 0 aromatic rings. The number of fused-ring (bicyclic) bond motifs is 2. The number of carbonyl (C=O) groups excluding carboxylic acids is 2. The minimum absolute atomic E-state index is 0.157. The number of hydrogen-bond donors (Lipinski definition) is 0. The molecule has 1 aliphatic carbocycles. The lowest BCUT2D eigenvalue weighted by molar-refractivity contribution is -0.183. The van der Waals surface area contributed by atoms with Crippen molar-refractivity contribution in [2.45, 2.75) is 72.8 Å². The summed E-state index contributed by atoms with van der Waals surface area (Å²) in [6, 6.07) is 0. The second kappa shape index (κ2) is 4.72. The molecule has 2 unspecified atom stereocenters. The molecule has 0 spiro atoms. The van der Waals surface area contributed by atoms with Crippen molar-refractivity contribution in [3.63, 3.8) is 0 Å². The number of esters is 2. The molecular formula is C17H28O4. The molecular weight excluding hydrogens is 268 g/mol. The van der Waals surface area contributed by atoms with E-state index in [1.54, 1.807) is 0 Å². The molecule has 2 fully saturated rings. The third-order valence-corrected chi connectivity index (χ3v) is 6.38. The first-order chi connectivity index (χ1) is 9.52. The van der Waals surface area contributed by atoms with Crippen molar-refractivity contribution in [3.8, 4) is 0 Å². The number of rotatable bonds is 5. The van der Waals surface area contributed by atoms with Crippen LogP contribution in [0.4, 0.5) is 0 Å². The third-order valence-electron chi connectivity index (χ3n) is 6.38. The summed E-state index contributed by atoms with van der Waals surface area (Å²) in [5, 5.41) is 0. The predicted octanol–water partition coefficient (Wildman–Crippen LogP) is 3.48. The first-order valence-electron chi connectivity index (χ1n) is 7.93. The molecule has 0 aromatic carbocycles. The molecule has 0 aromatic heterocycles. The molecule has 0 N–H and O–H groups in total. The van der Waals surface area contributed by atoms with Crippen molar-refractivity contribution >= 4 is 11.9 Å². The first-order valence-corrected chi connectivity index (χ1v) is 7.93. The fourth-order valence-corrected chi connectivity index (χ4v) is 3.42. The minimum Gasteiger partial charge on any atom is -0.463 e. The molecule has 0 radical (unpaired) electrons. The van der Waals surface area contributed by atoms with Crippen molar-refractivity contribution in [2.75, 3.05) is 6.61 Å². The van der Waals surface area contributed by atoms with E-state index in [-0.39, 0.29) is 17.4 Å². The van der Waals surface area contributed by atoms with Crippen LogP contribution in [0.1, 0.15) is 67.2 Å². The molecule has 1 saturated heterocycles. The maximum atomic E-state index is 12.6. The Morgan fingerprint density at radius 2 is 1.90 bits per heavy atom. The Labute approximate surface area is 127 Å². The van der Waals surface area contributed by atoms with Crippen LogP contribution in [0, 0.1) is 16.2 Å². The summed E-state index contributed by atoms with van der Waals surface area (Å²) in [7, 11) is 0. The highest BCUT2D eigenvalue weighted by Gasteiger charge is 2.76. The summed E-state index contributed by atoms with van der Waals surface area (Å²) < 4.78 is 11.0. The molecule has 4 nitrogen and oxygen atoms in total. The molecule has 4 heteroatoms. The zero-order chi connectivity index (χ0) is 16.1. The fraction of sp³-hybridized carbons (Fsp3) is 0.882. The van der Waals surface area contributed by atoms with Crippen LogP contribution in [-0.2, 0) is 19.1 Å². The Morgan fingerprint density at radius 1 is 1.29 bits per heavy atom. The summed E-state index contributed by atoms with van der Waals surface area (Å²) >= 11 is 0. The molecule has 0 amide bonds. The average Bonchev–Trinajstić information content (AvgIpc) is 2.69. The van der Waals surface area contributed by atoms with Gasteiger partial charge in [0.15, 0.2) is 0 Å². The monoisotopic (exact) mass is 296 g/mol. The highest BCUT2D eigenvalue weighted by Crippen LogP contribution is 2.65. The molecule has 2 rings (SSSR count). The highest BCUT2D eigenvalue weighted by atomic mass is 16.6. The zero-order valence-corrected chi connectivity index (χ0v) is 14.2. The maximum Gasteiger partial charge on any atom is 0.351 e. The van der Waals surface area contributed by atoms with E-state index in [2.05, 4.69) is 20.8 Å². The van der Waals surface area contributed by atoms with E-state index in [9.17, 15) is 9.59 Å². The Hall–Kier alpha value is -1.06. The van der Waals surface area contributed by atoms with Crippen LogP contribution < -0.4 is 0 Å².